The second-order valence-corrected chi connectivity index (χ2v) is 5.56. The van der Waals surface area contributed by atoms with Gasteiger partial charge in [-0.15, -0.1) is 11.3 Å². The molecular weight excluding hydrogens is 329 g/mol. The Labute approximate surface area is 135 Å². The average Bonchev–Trinajstić information content (AvgIpc) is 3.14. The van der Waals surface area contributed by atoms with Crippen LogP contribution >= 0.6 is 11.3 Å². The highest BCUT2D eigenvalue weighted by Crippen LogP contribution is 2.23. The minimum Gasteiger partial charge on any atom is -0.443 e. The number of thiophene rings is 1. The normalized spacial score (nSPS) is 12.4. The van der Waals surface area contributed by atoms with E-state index in [1.54, 1.807) is 0 Å². The van der Waals surface area contributed by atoms with Gasteiger partial charge in [-0.05, 0) is 18.4 Å². The summed E-state index contributed by atoms with van der Waals surface area (Å²) in [6, 6.07) is 3.79. The lowest BCUT2D eigenvalue weighted by Gasteiger charge is -2.12. The molecule has 0 spiro atoms. The molecule has 0 unspecified atom stereocenters. The van der Waals surface area contributed by atoms with Crippen LogP contribution in [0, 0.1) is 0 Å². The molecule has 5 nitrogen and oxygen atoms in total. The third-order valence-electron chi connectivity index (χ3n) is 2.73. The highest BCUT2D eigenvalue weighted by molar-refractivity contribution is 7.13. The summed E-state index contributed by atoms with van der Waals surface area (Å²) in [6.07, 6.45) is -3.60. The van der Waals surface area contributed by atoms with Gasteiger partial charge in [-0.1, -0.05) is 6.07 Å². The molecule has 0 aliphatic heterocycles. The highest BCUT2D eigenvalue weighted by atomic mass is 32.1. The van der Waals surface area contributed by atoms with Crippen LogP contribution in [-0.4, -0.2) is 30.2 Å². The third-order valence-corrected chi connectivity index (χ3v) is 3.59. The van der Waals surface area contributed by atoms with Gasteiger partial charge in [-0.25, -0.2) is 9.98 Å². The molecule has 0 aliphatic rings. The molecule has 0 saturated heterocycles. The summed E-state index contributed by atoms with van der Waals surface area (Å²) in [6.45, 7) is 2.38. The maximum atomic E-state index is 12.2. The van der Waals surface area contributed by atoms with E-state index in [2.05, 4.69) is 20.6 Å². The predicted molar refractivity (Wildman–Crippen MR) is 83.3 cm³/mol. The zero-order valence-electron chi connectivity index (χ0n) is 12.5. The summed E-state index contributed by atoms with van der Waals surface area (Å²) in [5, 5.41) is 7.45. The van der Waals surface area contributed by atoms with Crippen LogP contribution in [0.2, 0.25) is 0 Å². The van der Waals surface area contributed by atoms with Gasteiger partial charge in [0.15, 0.2) is 5.96 Å². The van der Waals surface area contributed by atoms with E-state index < -0.39 is 12.6 Å². The monoisotopic (exact) mass is 346 g/mol. The largest absolute Gasteiger partial charge is 0.443 e. The van der Waals surface area contributed by atoms with Crippen molar-refractivity contribution in [2.75, 3.05) is 13.1 Å². The molecule has 23 heavy (non-hydrogen) atoms. The molecule has 0 atom stereocenters. The second kappa shape index (κ2) is 8.00. The fourth-order valence-corrected chi connectivity index (χ4v) is 2.37. The van der Waals surface area contributed by atoms with Gasteiger partial charge < -0.3 is 15.1 Å². The first-order chi connectivity index (χ1) is 11.0. The van der Waals surface area contributed by atoms with E-state index in [-0.39, 0.29) is 13.1 Å². The highest BCUT2D eigenvalue weighted by Gasteiger charge is 2.26. The van der Waals surface area contributed by atoms with Crippen LogP contribution < -0.4 is 10.6 Å². The molecule has 0 aromatic carbocycles. The van der Waals surface area contributed by atoms with Crippen molar-refractivity contribution < 1.29 is 17.6 Å². The average molecular weight is 346 g/mol. The zero-order valence-corrected chi connectivity index (χ0v) is 13.3. The molecule has 0 amide bonds. The fraction of sp³-hybridized carbons (Fsp3) is 0.429. The van der Waals surface area contributed by atoms with E-state index in [0.717, 1.165) is 4.88 Å². The number of nitrogens with zero attached hydrogens (tertiary/aromatic N) is 2. The fourth-order valence-electron chi connectivity index (χ4n) is 1.72. The van der Waals surface area contributed by atoms with E-state index in [0.29, 0.717) is 24.1 Å². The van der Waals surface area contributed by atoms with Gasteiger partial charge in [-0.2, -0.15) is 13.2 Å². The Morgan fingerprint density at radius 3 is 2.87 bits per heavy atom. The number of hydrogen-bond donors (Lipinski definition) is 2. The van der Waals surface area contributed by atoms with Gasteiger partial charge in [0.05, 0.1) is 17.8 Å². The van der Waals surface area contributed by atoms with E-state index in [9.17, 15) is 13.2 Å². The van der Waals surface area contributed by atoms with E-state index in [1.165, 1.54) is 17.6 Å². The van der Waals surface area contributed by atoms with Crippen molar-refractivity contribution >= 4 is 17.3 Å². The van der Waals surface area contributed by atoms with Crippen molar-refractivity contribution in [3.05, 3.63) is 29.5 Å². The number of oxazole rings is 1. The summed E-state index contributed by atoms with van der Waals surface area (Å²) in [5.74, 6) is 0.831. The standard InChI is InChI=1S/C14H17F3N4OS/c1-2-18-13(19-6-5-14(15,16)17)20-8-10-9-22-12(21-10)11-4-3-7-23-11/h3-4,7,9H,2,5-6,8H2,1H3,(H2,18,19,20). The topological polar surface area (TPSA) is 62.5 Å². The number of rotatable bonds is 6. The van der Waals surface area contributed by atoms with E-state index in [1.807, 2.05) is 24.4 Å². The van der Waals surface area contributed by atoms with Crippen LogP contribution in [-0.2, 0) is 6.54 Å². The van der Waals surface area contributed by atoms with Crippen molar-refractivity contribution in [3.63, 3.8) is 0 Å². The molecule has 0 radical (unpaired) electrons. The molecule has 9 heteroatoms. The summed E-state index contributed by atoms with van der Waals surface area (Å²) in [5.41, 5.74) is 0.612. The SMILES string of the molecule is CCNC(=NCc1coc(-c2cccs2)n1)NCCC(F)(F)F. The lowest BCUT2D eigenvalue weighted by atomic mass is 10.4. The molecule has 0 saturated carbocycles. The van der Waals surface area contributed by atoms with Crippen LogP contribution in [0.15, 0.2) is 33.2 Å². The first kappa shape index (κ1) is 17.3. The number of aliphatic imine (C=N–C) groups is 1. The Kier molecular flexibility index (Phi) is 6.03. The Morgan fingerprint density at radius 2 is 2.22 bits per heavy atom. The van der Waals surface area contributed by atoms with Gasteiger partial charge in [0, 0.05) is 13.1 Å². The number of alkyl halides is 3. The van der Waals surface area contributed by atoms with Crippen molar-refractivity contribution in [2.24, 2.45) is 4.99 Å². The van der Waals surface area contributed by atoms with Gasteiger partial charge >= 0.3 is 6.18 Å². The summed E-state index contributed by atoms with van der Waals surface area (Å²) in [4.78, 5) is 9.42. The van der Waals surface area contributed by atoms with Crippen LogP contribution in [0.25, 0.3) is 10.8 Å². The van der Waals surface area contributed by atoms with Crippen molar-refractivity contribution in [3.8, 4) is 10.8 Å². The first-order valence-electron chi connectivity index (χ1n) is 7.05. The van der Waals surface area contributed by atoms with Gasteiger partial charge in [0.1, 0.15) is 12.0 Å². The van der Waals surface area contributed by atoms with Crippen molar-refractivity contribution in [1.82, 2.24) is 15.6 Å². The molecule has 2 heterocycles. The molecule has 2 N–H and O–H groups in total. The number of guanidine groups is 1. The maximum Gasteiger partial charge on any atom is 0.390 e. The van der Waals surface area contributed by atoms with Gasteiger partial charge in [0.2, 0.25) is 5.89 Å². The number of aromatic nitrogens is 1. The maximum absolute atomic E-state index is 12.2. The van der Waals surface area contributed by atoms with Crippen molar-refractivity contribution in [2.45, 2.75) is 26.1 Å². The number of hydrogen-bond acceptors (Lipinski definition) is 4. The molecule has 2 aromatic rings. The Hall–Kier alpha value is -2.03. The summed E-state index contributed by atoms with van der Waals surface area (Å²) >= 11 is 1.51. The Bertz CT molecular complexity index is 622. The molecule has 0 bridgehead atoms. The van der Waals surface area contributed by atoms with E-state index >= 15 is 0 Å². The quantitative estimate of drug-likeness (QED) is 0.621. The summed E-state index contributed by atoms with van der Waals surface area (Å²) in [7, 11) is 0. The molecule has 0 aliphatic carbocycles. The molecule has 0 fully saturated rings. The van der Waals surface area contributed by atoms with Gasteiger partial charge in [-0.3, -0.25) is 0 Å². The number of nitrogens with one attached hydrogen (secondary N) is 2. The van der Waals surface area contributed by atoms with Gasteiger partial charge in [0.25, 0.3) is 0 Å². The second-order valence-electron chi connectivity index (χ2n) is 4.61. The lowest BCUT2D eigenvalue weighted by Crippen LogP contribution is -2.38. The number of halogens is 3. The molecular formula is C14H17F3N4OS. The Morgan fingerprint density at radius 1 is 1.39 bits per heavy atom. The zero-order chi connectivity index (χ0) is 16.7. The summed E-state index contributed by atoms with van der Waals surface area (Å²) < 4.78 is 41.8. The Balaban J connectivity index is 1.92. The third kappa shape index (κ3) is 5.93. The predicted octanol–water partition coefficient (Wildman–Crippen LogP) is 3.41. The molecule has 126 valence electrons. The van der Waals surface area contributed by atoms with E-state index in [4.69, 9.17) is 4.42 Å². The van der Waals surface area contributed by atoms with Crippen molar-refractivity contribution in [1.29, 1.82) is 0 Å². The minimum absolute atomic E-state index is 0.218. The molecule has 2 rings (SSSR count). The van der Waals surface area contributed by atoms with Crippen LogP contribution in [0.3, 0.4) is 0 Å². The molecule has 2 aromatic heterocycles. The van der Waals surface area contributed by atoms with Crippen LogP contribution in [0.4, 0.5) is 13.2 Å². The van der Waals surface area contributed by atoms with Crippen LogP contribution in [0.1, 0.15) is 19.0 Å². The minimum atomic E-state index is -4.19. The first-order valence-corrected chi connectivity index (χ1v) is 7.93. The lowest BCUT2D eigenvalue weighted by molar-refractivity contribution is -0.132. The smallest absolute Gasteiger partial charge is 0.390 e. The van der Waals surface area contributed by atoms with Crippen LogP contribution in [0.5, 0.6) is 0 Å².